The smallest absolute Gasteiger partial charge is 0.335 e. The first-order valence-electron chi connectivity index (χ1n) is 33.7. The average molecular weight is 1320 g/mol. The summed E-state index contributed by atoms with van der Waals surface area (Å²) in [6.45, 7) is 14.7. The molecule has 0 aliphatic heterocycles. The standard InChI is InChI=1S/C94H58O8/c1-5-85(95)99-70-38-27-58-46-66(34-24-61(58)50-70)93(82-44-32-55-16-9-12-20-73(55)89(82)79-42-31-57-18-11-14-22-76(57)92(79)93)69-37-43-74-65(49-69)33-45-84(102-88(98)8-4)90(74)77-23-15-19-64-53-83-81(54-80(64)77)78-41-30-56-17-10-13-21-75(56)91(78)94(83,67-35-25-62-51-71(100-86(96)6-2)39-28-59(62)47-67)68-36-26-63-52-72(101-87(97)7-3)40-29-60(63)48-68/h5-54H,1-4H2. The largest absolute Gasteiger partial charge is 0.423 e. The number of benzene rings is 16. The molecule has 2 aliphatic carbocycles. The number of fused-ring (bicyclic) bond motifs is 17. The van der Waals surface area contributed by atoms with Gasteiger partial charge in [-0.25, -0.2) is 19.2 Å². The molecular formula is C94H58O8. The van der Waals surface area contributed by atoms with Crippen molar-refractivity contribution in [3.8, 4) is 56.4 Å². The lowest BCUT2D eigenvalue weighted by molar-refractivity contribution is -0.129. The van der Waals surface area contributed by atoms with E-state index in [0.29, 0.717) is 23.0 Å². The Morgan fingerprint density at radius 1 is 0.255 bits per heavy atom. The normalized spacial score (nSPS) is 13.9. The number of hydrogen-bond donors (Lipinski definition) is 0. The van der Waals surface area contributed by atoms with Crippen molar-refractivity contribution < 1.29 is 38.1 Å². The predicted molar refractivity (Wildman–Crippen MR) is 410 cm³/mol. The average Bonchev–Trinajstić information content (AvgIpc) is 1.49. The number of carbonyl (C=O) groups excluding carboxylic acids is 4. The van der Waals surface area contributed by atoms with Crippen LogP contribution in [0.2, 0.25) is 0 Å². The third-order valence-corrected chi connectivity index (χ3v) is 20.9. The highest BCUT2D eigenvalue weighted by atomic mass is 16.5. The van der Waals surface area contributed by atoms with Gasteiger partial charge in [-0.1, -0.05) is 227 Å². The van der Waals surface area contributed by atoms with Crippen molar-refractivity contribution in [1.29, 1.82) is 0 Å². The molecule has 18 rings (SSSR count). The summed E-state index contributed by atoms with van der Waals surface area (Å²) in [4.78, 5) is 51.3. The van der Waals surface area contributed by atoms with E-state index in [1.165, 1.54) is 17.2 Å². The van der Waals surface area contributed by atoms with Crippen LogP contribution in [0.4, 0.5) is 0 Å². The fourth-order valence-corrected chi connectivity index (χ4v) is 16.6. The summed E-state index contributed by atoms with van der Waals surface area (Å²) in [5.74, 6) is -0.588. The number of rotatable bonds is 13. The number of hydrogen-bond acceptors (Lipinski definition) is 8. The molecule has 102 heavy (non-hydrogen) atoms. The van der Waals surface area contributed by atoms with Crippen molar-refractivity contribution in [3.63, 3.8) is 0 Å². The Morgan fingerprint density at radius 2 is 0.637 bits per heavy atom. The van der Waals surface area contributed by atoms with Crippen molar-refractivity contribution in [1.82, 2.24) is 0 Å². The second-order valence-electron chi connectivity index (χ2n) is 26.1. The van der Waals surface area contributed by atoms with Gasteiger partial charge in [-0.05, 0) is 237 Å². The molecule has 482 valence electrons. The van der Waals surface area contributed by atoms with Crippen LogP contribution in [-0.4, -0.2) is 23.9 Å². The van der Waals surface area contributed by atoms with E-state index in [1.54, 1.807) is 0 Å². The van der Waals surface area contributed by atoms with Gasteiger partial charge in [-0.15, -0.1) is 0 Å². The molecule has 0 radical (unpaired) electrons. The molecule has 0 fully saturated rings. The van der Waals surface area contributed by atoms with Gasteiger partial charge in [0.2, 0.25) is 0 Å². The summed E-state index contributed by atoms with van der Waals surface area (Å²) in [6, 6.07) is 97.9. The predicted octanol–water partition coefficient (Wildman–Crippen LogP) is 21.7. The molecule has 1 atom stereocenters. The monoisotopic (exact) mass is 1310 g/mol. The van der Waals surface area contributed by atoms with Crippen molar-refractivity contribution in [2.75, 3.05) is 0 Å². The Hall–Kier alpha value is -13.6. The Balaban J connectivity index is 0.892. The van der Waals surface area contributed by atoms with Gasteiger partial charge in [0.05, 0.1) is 10.8 Å². The molecule has 8 heteroatoms. The van der Waals surface area contributed by atoms with Gasteiger partial charge in [0.15, 0.2) is 0 Å². The Kier molecular flexibility index (Phi) is 14.1. The topological polar surface area (TPSA) is 105 Å². The van der Waals surface area contributed by atoms with Crippen LogP contribution in [0.25, 0.3) is 120 Å². The van der Waals surface area contributed by atoms with E-state index in [-0.39, 0.29) is 0 Å². The lowest BCUT2D eigenvalue weighted by Gasteiger charge is -2.35. The molecule has 0 saturated carbocycles. The molecule has 0 heterocycles. The van der Waals surface area contributed by atoms with Crippen molar-refractivity contribution in [2.45, 2.75) is 10.8 Å². The zero-order chi connectivity index (χ0) is 69.1. The van der Waals surface area contributed by atoms with E-state index in [0.717, 1.165) is 171 Å². The first-order valence-corrected chi connectivity index (χ1v) is 33.7. The van der Waals surface area contributed by atoms with E-state index in [9.17, 15) is 19.2 Å². The van der Waals surface area contributed by atoms with Crippen LogP contribution >= 0.6 is 0 Å². The number of esters is 4. The van der Waals surface area contributed by atoms with Crippen molar-refractivity contribution in [3.05, 3.63) is 374 Å². The summed E-state index contributed by atoms with van der Waals surface area (Å²) in [7, 11) is 0. The van der Waals surface area contributed by atoms with Crippen LogP contribution in [0, 0.1) is 0 Å². The third kappa shape index (κ3) is 9.30. The SMILES string of the molecule is C=CC(=O)Oc1ccc2cc(C3(c4ccc5cc(OC(=O)C=C)ccc5c4)c4cc5cccc(-c6c(OC(=O)C=C)ccc7cc(C8(c9ccc%10cc(OC(=O)C=C)ccc%10c9)c9ccc%10ccccc%10c9-c9ccc%10ccccc%10c98)ccc67)c5cc4-c4ccc5ccccc5c43)ccc2c1. The molecule has 16 aromatic carbocycles. The Morgan fingerprint density at radius 3 is 1.18 bits per heavy atom. The minimum atomic E-state index is -0.972. The first-order chi connectivity index (χ1) is 49.9. The molecule has 1 unspecified atom stereocenters. The van der Waals surface area contributed by atoms with Crippen LogP contribution in [0.5, 0.6) is 23.0 Å². The van der Waals surface area contributed by atoms with E-state index in [1.807, 2.05) is 60.7 Å². The van der Waals surface area contributed by atoms with Crippen LogP contribution in [-0.2, 0) is 30.0 Å². The minimum absolute atomic E-state index is 0.377. The number of carbonyl (C=O) groups is 4. The van der Waals surface area contributed by atoms with Gasteiger partial charge in [-0.3, -0.25) is 0 Å². The molecule has 0 aromatic heterocycles. The molecule has 2 aliphatic rings. The molecule has 0 saturated heterocycles. The van der Waals surface area contributed by atoms with E-state index >= 15 is 0 Å². The van der Waals surface area contributed by atoms with Crippen molar-refractivity contribution in [2.24, 2.45) is 0 Å². The van der Waals surface area contributed by atoms with E-state index < -0.39 is 34.7 Å². The zero-order valence-electron chi connectivity index (χ0n) is 55.0. The second-order valence-corrected chi connectivity index (χ2v) is 26.1. The van der Waals surface area contributed by atoms with Gasteiger partial charge >= 0.3 is 23.9 Å². The van der Waals surface area contributed by atoms with Gasteiger partial charge in [-0.2, -0.15) is 0 Å². The van der Waals surface area contributed by atoms with E-state index in [2.05, 4.69) is 245 Å². The summed E-state index contributed by atoms with van der Waals surface area (Å²) in [5.41, 5.74) is 12.7. The highest BCUT2D eigenvalue weighted by Gasteiger charge is 2.50. The lowest BCUT2D eigenvalue weighted by atomic mass is 9.66. The molecule has 8 nitrogen and oxygen atoms in total. The molecular weight excluding hydrogens is 1260 g/mol. The summed E-state index contributed by atoms with van der Waals surface area (Å²) in [6.07, 6.45) is 4.67. The third-order valence-electron chi connectivity index (χ3n) is 20.9. The molecule has 0 amide bonds. The maximum Gasteiger partial charge on any atom is 0.335 e. The second kappa shape index (κ2) is 23.6. The maximum atomic E-state index is 13.8. The van der Waals surface area contributed by atoms with Crippen LogP contribution in [0.15, 0.2) is 330 Å². The van der Waals surface area contributed by atoms with Crippen LogP contribution < -0.4 is 18.9 Å². The van der Waals surface area contributed by atoms with E-state index in [4.69, 9.17) is 18.9 Å². The minimum Gasteiger partial charge on any atom is -0.423 e. The van der Waals surface area contributed by atoms with Crippen molar-refractivity contribution >= 4 is 110 Å². The molecule has 0 bridgehead atoms. The highest BCUT2D eigenvalue weighted by Crippen LogP contribution is 2.63. The van der Waals surface area contributed by atoms with Gasteiger partial charge in [0.25, 0.3) is 0 Å². The first kappa shape index (κ1) is 60.8. The zero-order valence-corrected chi connectivity index (χ0v) is 55.0. The fraction of sp³-hybridized carbons (Fsp3) is 0.0213. The Bertz CT molecular complexity index is 6360. The fourth-order valence-electron chi connectivity index (χ4n) is 16.6. The highest BCUT2D eigenvalue weighted by molar-refractivity contribution is 6.14. The molecule has 0 N–H and O–H groups in total. The van der Waals surface area contributed by atoms with Crippen LogP contribution in [0.1, 0.15) is 44.5 Å². The van der Waals surface area contributed by atoms with Gasteiger partial charge in [0.1, 0.15) is 23.0 Å². The quantitative estimate of drug-likeness (QED) is 0.0639. The van der Waals surface area contributed by atoms with Gasteiger partial charge in [0, 0.05) is 29.9 Å². The lowest BCUT2D eigenvalue weighted by Crippen LogP contribution is -2.29. The summed E-state index contributed by atoms with van der Waals surface area (Å²) < 4.78 is 23.3. The molecule has 16 aromatic rings. The Labute approximate surface area is 586 Å². The maximum absolute atomic E-state index is 13.8. The van der Waals surface area contributed by atoms with Crippen LogP contribution in [0.3, 0.4) is 0 Å². The molecule has 0 spiro atoms. The summed E-state index contributed by atoms with van der Waals surface area (Å²) >= 11 is 0. The number of ether oxygens (including phenoxy) is 4. The van der Waals surface area contributed by atoms with Gasteiger partial charge < -0.3 is 18.9 Å². The summed E-state index contributed by atoms with van der Waals surface area (Å²) in [5, 5.41) is 15.9.